The van der Waals surface area contributed by atoms with Crippen LogP contribution in [0.15, 0.2) is 91.0 Å². The Morgan fingerprint density at radius 3 is 2.24 bits per heavy atom. The second-order valence-electron chi connectivity index (χ2n) is 12.7. The summed E-state index contributed by atoms with van der Waals surface area (Å²) >= 11 is 0. The predicted molar refractivity (Wildman–Crippen MR) is 177 cm³/mol. The van der Waals surface area contributed by atoms with Crippen molar-refractivity contribution in [2.75, 3.05) is 13.1 Å². The van der Waals surface area contributed by atoms with Gasteiger partial charge in [-0.1, -0.05) is 72.8 Å². The number of benzene rings is 3. The molecule has 46 heavy (non-hydrogen) atoms. The van der Waals surface area contributed by atoms with Crippen LogP contribution in [0.1, 0.15) is 49.8 Å². The first-order valence-electron chi connectivity index (χ1n) is 15.6. The second-order valence-corrected chi connectivity index (χ2v) is 12.7. The molecule has 9 nitrogen and oxygen atoms in total. The molecule has 0 radical (unpaired) electrons. The summed E-state index contributed by atoms with van der Waals surface area (Å²) in [6.45, 7) is 7.00. The molecule has 2 unspecified atom stereocenters. The van der Waals surface area contributed by atoms with Gasteiger partial charge in [-0.05, 0) is 56.0 Å². The Morgan fingerprint density at radius 1 is 0.913 bits per heavy atom. The highest BCUT2D eigenvalue weighted by Crippen LogP contribution is 2.37. The monoisotopic (exact) mass is 620 g/mol. The number of aryl methyl sites for hydroxylation is 1. The number of aliphatic hydroxyl groups is 1. The summed E-state index contributed by atoms with van der Waals surface area (Å²) in [5.41, 5.74) is 4.92. The highest BCUT2D eigenvalue weighted by molar-refractivity contribution is 5.95. The average molecular weight is 621 g/mol. The molecule has 0 aliphatic carbocycles. The zero-order valence-electron chi connectivity index (χ0n) is 26.7. The maximum Gasteiger partial charge on any atom is 0.410 e. The van der Waals surface area contributed by atoms with Gasteiger partial charge in [0.2, 0.25) is 11.8 Å². The number of hydrogen-bond acceptors (Lipinski definition) is 7. The molecular weight excluding hydrogens is 580 g/mol. The number of piperidine rings is 1. The number of likely N-dealkylation sites (tertiary alicyclic amines) is 1. The van der Waals surface area contributed by atoms with E-state index in [0.29, 0.717) is 37.9 Å². The summed E-state index contributed by atoms with van der Waals surface area (Å²) in [6, 6.07) is 29.9. The first-order chi connectivity index (χ1) is 22.1. The van der Waals surface area contributed by atoms with Crippen molar-refractivity contribution >= 4 is 17.0 Å². The summed E-state index contributed by atoms with van der Waals surface area (Å²) in [5.74, 6) is 0.780. The Morgan fingerprint density at radius 2 is 1.59 bits per heavy atom. The van der Waals surface area contributed by atoms with Gasteiger partial charge >= 0.3 is 6.09 Å². The van der Waals surface area contributed by atoms with Crippen molar-refractivity contribution in [3.05, 3.63) is 108 Å². The zero-order chi connectivity index (χ0) is 32.3. The molecule has 1 aliphatic rings. The molecule has 2 atom stereocenters. The summed E-state index contributed by atoms with van der Waals surface area (Å²) in [6.07, 6.45) is -0.480. The first-order valence-corrected chi connectivity index (χ1v) is 15.6. The molecule has 1 amide bonds. The molecule has 0 spiro atoms. The van der Waals surface area contributed by atoms with Crippen molar-refractivity contribution in [2.45, 2.75) is 58.0 Å². The smallest absolute Gasteiger partial charge is 0.410 e. The fourth-order valence-electron chi connectivity index (χ4n) is 5.77. The topological polar surface area (TPSA) is 98.9 Å². The number of β-amino-alcohol motifs (C(OH)–C–C–N with tert-alkyl or cyclic N) is 1. The van der Waals surface area contributed by atoms with Crippen molar-refractivity contribution in [3.8, 4) is 23.0 Å². The Balaban J connectivity index is 1.26. The number of carbonyl (C=O) groups excluding carboxylic acids is 1. The number of pyridine rings is 1. The molecule has 238 valence electrons. The number of ether oxygens (including phenoxy) is 3. The lowest BCUT2D eigenvalue weighted by Crippen LogP contribution is -2.47. The van der Waals surface area contributed by atoms with E-state index in [1.165, 1.54) is 0 Å². The lowest BCUT2D eigenvalue weighted by atomic mass is 9.86. The predicted octanol–water partition coefficient (Wildman–Crippen LogP) is 6.88. The maximum atomic E-state index is 12.6. The van der Waals surface area contributed by atoms with E-state index in [2.05, 4.69) is 6.07 Å². The van der Waals surface area contributed by atoms with Crippen molar-refractivity contribution in [1.82, 2.24) is 19.7 Å². The fourth-order valence-corrected chi connectivity index (χ4v) is 5.77. The van der Waals surface area contributed by atoms with Crippen LogP contribution in [-0.2, 0) is 25.0 Å². The van der Waals surface area contributed by atoms with Gasteiger partial charge in [-0.3, -0.25) is 4.68 Å². The molecule has 6 rings (SSSR count). The van der Waals surface area contributed by atoms with E-state index in [1.54, 1.807) is 4.90 Å². The van der Waals surface area contributed by atoms with E-state index in [-0.39, 0.29) is 12.5 Å². The van der Waals surface area contributed by atoms with E-state index in [0.717, 1.165) is 38.9 Å². The summed E-state index contributed by atoms with van der Waals surface area (Å²) in [7, 11) is 1.91. The molecule has 9 heteroatoms. The van der Waals surface area contributed by atoms with E-state index >= 15 is 0 Å². The highest BCUT2D eigenvalue weighted by Gasteiger charge is 2.33. The molecule has 3 heterocycles. The second kappa shape index (κ2) is 13.2. The SMILES string of the molecule is Cn1nc(-c2ccc(OCc3ccccc3)nc2OCc2ccccc2)c2ccc(C3CCN(C(=O)OC(C)(C)C)CC3O)cc21. The molecule has 1 saturated heterocycles. The van der Waals surface area contributed by atoms with Crippen molar-refractivity contribution in [2.24, 2.45) is 7.05 Å². The number of rotatable bonds is 8. The molecular formula is C37H40N4O5. The molecule has 1 N–H and O–H groups in total. The minimum Gasteiger partial charge on any atom is -0.473 e. The Kier molecular flexibility index (Phi) is 8.94. The molecule has 0 bridgehead atoms. The third kappa shape index (κ3) is 7.15. The van der Waals surface area contributed by atoms with Crippen molar-refractivity contribution in [3.63, 3.8) is 0 Å². The molecule has 1 fully saturated rings. The number of fused-ring (bicyclic) bond motifs is 1. The quantitative estimate of drug-likeness (QED) is 0.202. The van der Waals surface area contributed by atoms with Gasteiger partial charge in [-0.25, -0.2) is 4.79 Å². The maximum absolute atomic E-state index is 12.6. The first kappa shape index (κ1) is 31.1. The summed E-state index contributed by atoms with van der Waals surface area (Å²) < 4.78 is 19.7. The van der Waals surface area contributed by atoms with E-state index in [1.807, 2.05) is 117 Å². The third-order valence-electron chi connectivity index (χ3n) is 8.08. The van der Waals surface area contributed by atoms with Gasteiger partial charge in [0, 0.05) is 31.0 Å². The number of carbonyl (C=O) groups is 1. The Labute approximate surface area is 269 Å². The fraction of sp³-hybridized carbons (Fsp3) is 0.324. The standard InChI is InChI=1S/C37H40N4O5/c1-37(2,3)46-36(43)41-20-19-28(32(42)22-41)27-15-16-29-31(21-27)40(4)39-34(29)30-17-18-33(44-23-25-11-7-5-8-12-25)38-35(30)45-24-26-13-9-6-10-14-26/h5-18,21,28,32,42H,19-20,22-24H2,1-4H3. The minimum atomic E-state index is -0.711. The van der Waals surface area contributed by atoms with Crippen LogP contribution in [0.4, 0.5) is 4.79 Å². The normalized spacial score (nSPS) is 16.8. The van der Waals surface area contributed by atoms with Crippen LogP contribution in [0, 0.1) is 0 Å². The summed E-state index contributed by atoms with van der Waals surface area (Å²) in [4.78, 5) is 19.0. The van der Waals surface area contributed by atoms with E-state index < -0.39 is 17.8 Å². The van der Waals surface area contributed by atoms with Gasteiger partial charge < -0.3 is 24.2 Å². The van der Waals surface area contributed by atoms with Crippen molar-refractivity contribution < 1.29 is 24.1 Å². The lowest BCUT2D eigenvalue weighted by Gasteiger charge is -2.37. The van der Waals surface area contributed by atoms with Crippen LogP contribution in [0.2, 0.25) is 0 Å². The molecule has 5 aromatic rings. The van der Waals surface area contributed by atoms with Gasteiger partial charge in [0.1, 0.15) is 24.5 Å². The number of hydrogen-bond donors (Lipinski definition) is 1. The van der Waals surface area contributed by atoms with Crippen LogP contribution in [-0.4, -0.2) is 55.7 Å². The number of amides is 1. The molecule has 2 aromatic heterocycles. The zero-order valence-corrected chi connectivity index (χ0v) is 26.7. The van der Waals surface area contributed by atoms with E-state index in [4.69, 9.17) is 24.3 Å². The van der Waals surface area contributed by atoms with Gasteiger partial charge in [0.15, 0.2) is 0 Å². The van der Waals surface area contributed by atoms with Crippen LogP contribution >= 0.6 is 0 Å². The summed E-state index contributed by atoms with van der Waals surface area (Å²) in [5, 5.41) is 16.9. The molecule has 3 aromatic carbocycles. The third-order valence-corrected chi connectivity index (χ3v) is 8.08. The van der Waals surface area contributed by atoms with Crippen LogP contribution in [0.25, 0.3) is 22.2 Å². The van der Waals surface area contributed by atoms with Gasteiger partial charge in [-0.15, -0.1) is 0 Å². The minimum absolute atomic E-state index is 0.117. The van der Waals surface area contributed by atoms with Gasteiger partial charge in [-0.2, -0.15) is 10.1 Å². The van der Waals surface area contributed by atoms with E-state index in [9.17, 15) is 9.90 Å². The Hall–Kier alpha value is -4.89. The number of nitrogens with zero attached hydrogens (tertiary/aromatic N) is 4. The van der Waals surface area contributed by atoms with Crippen molar-refractivity contribution in [1.29, 1.82) is 0 Å². The number of aromatic nitrogens is 3. The van der Waals surface area contributed by atoms with Crippen LogP contribution in [0.3, 0.4) is 0 Å². The largest absolute Gasteiger partial charge is 0.473 e. The van der Waals surface area contributed by atoms with Gasteiger partial charge in [0.25, 0.3) is 0 Å². The highest BCUT2D eigenvalue weighted by atomic mass is 16.6. The van der Waals surface area contributed by atoms with Crippen LogP contribution in [0.5, 0.6) is 11.8 Å². The number of aliphatic hydroxyl groups excluding tert-OH is 1. The average Bonchev–Trinajstić information content (AvgIpc) is 3.38. The lowest BCUT2D eigenvalue weighted by molar-refractivity contribution is -0.00151. The Bertz CT molecular complexity index is 1800. The molecule has 1 aliphatic heterocycles. The molecule has 0 saturated carbocycles. The van der Waals surface area contributed by atoms with Crippen LogP contribution < -0.4 is 9.47 Å². The van der Waals surface area contributed by atoms with Gasteiger partial charge in [0.05, 0.1) is 23.7 Å².